The molecule has 0 amide bonds. The predicted molar refractivity (Wildman–Crippen MR) is 80.7 cm³/mol. The minimum Gasteiger partial charge on any atom is -0.465 e. The largest absolute Gasteiger partial charge is 0.465 e. The molecule has 2 heterocycles. The van der Waals surface area contributed by atoms with Crippen LogP contribution in [-0.4, -0.2) is 22.9 Å². The highest BCUT2D eigenvalue weighted by Crippen LogP contribution is 2.19. The van der Waals surface area contributed by atoms with E-state index in [1.54, 1.807) is 54.4 Å². The SMILES string of the molecule is CCOC(=O)Cn1ccc(C(=O)c2ccc3occc3c2)c1. The van der Waals surface area contributed by atoms with E-state index in [0.717, 1.165) is 11.0 Å². The lowest BCUT2D eigenvalue weighted by molar-refractivity contribution is -0.143. The second kappa shape index (κ2) is 5.89. The molecule has 0 unspecified atom stereocenters. The standard InChI is InChI=1S/C17H15NO4/c1-2-21-16(19)11-18-7-5-14(10-18)17(20)13-3-4-15-12(9-13)6-8-22-15/h3-10H,2,11H2,1H3. The number of aromatic nitrogens is 1. The number of hydrogen-bond acceptors (Lipinski definition) is 4. The molecule has 112 valence electrons. The molecule has 0 bridgehead atoms. The fraction of sp³-hybridized carbons (Fsp3) is 0.176. The van der Waals surface area contributed by atoms with Gasteiger partial charge in [-0.05, 0) is 37.3 Å². The van der Waals surface area contributed by atoms with Gasteiger partial charge in [0.05, 0.1) is 12.9 Å². The van der Waals surface area contributed by atoms with Crippen molar-refractivity contribution < 1.29 is 18.7 Å². The summed E-state index contributed by atoms with van der Waals surface area (Å²) in [7, 11) is 0. The number of ether oxygens (including phenoxy) is 1. The number of carbonyl (C=O) groups excluding carboxylic acids is 2. The van der Waals surface area contributed by atoms with Crippen molar-refractivity contribution >= 4 is 22.7 Å². The molecular formula is C17H15NO4. The fourth-order valence-electron chi connectivity index (χ4n) is 2.30. The summed E-state index contributed by atoms with van der Waals surface area (Å²) in [6.07, 6.45) is 4.94. The number of benzene rings is 1. The first-order chi connectivity index (χ1) is 10.7. The highest BCUT2D eigenvalue weighted by atomic mass is 16.5. The monoisotopic (exact) mass is 297 g/mol. The zero-order chi connectivity index (χ0) is 15.5. The van der Waals surface area contributed by atoms with Crippen molar-refractivity contribution in [3.8, 4) is 0 Å². The summed E-state index contributed by atoms with van der Waals surface area (Å²) in [5, 5.41) is 0.886. The molecule has 0 saturated carbocycles. The normalized spacial score (nSPS) is 10.8. The lowest BCUT2D eigenvalue weighted by atomic mass is 10.0. The molecule has 0 spiro atoms. The van der Waals surface area contributed by atoms with Gasteiger partial charge in [0, 0.05) is 28.9 Å². The van der Waals surface area contributed by atoms with E-state index in [1.165, 1.54) is 0 Å². The van der Waals surface area contributed by atoms with Gasteiger partial charge in [0.15, 0.2) is 5.78 Å². The van der Waals surface area contributed by atoms with E-state index in [0.29, 0.717) is 17.7 Å². The lowest BCUT2D eigenvalue weighted by Crippen LogP contribution is -2.12. The van der Waals surface area contributed by atoms with Crippen LogP contribution < -0.4 is 0 Å². The van der Waals surface area contributed by atoms with Crippen LogP contribution in [0.2, 0.25) is 0 Å². The maximum absolute atomic E-state index is 12.5. The Morgan fingerprint density at radius 3 is 2.86 bits per heavy atom. The third-order valence-corrected chi connectivity index (χ3v) is 3.34. The van der Waals surface area contributed by atoms with E-state index in [2.05, 4.69) is 0 Å². The zero-order valence-electron chi connectivity index (χ0n) is 12.1. The maximum atomic E-state index is 12.5. The molecule has 0 atom stereocenters. The van der Waals surface area contributed by atoms with Gasteiger partial charge in [-0.2, -0.15) is 0 Å². The van der Waals surface area contributed by atoms with Crippen molar-refractivity contribution in [3.05, 3.63) is 60.1 Å². The Labute approximate surface area is 127 Å². The summed E-state index contributed by atoms with van der Waals surface area (Å²) in [4.78, 5) is 23.9. The van der Waals surface area contributed by atoms with Crippen molar-refractivity contribution in [3.63, 3.8) is 0 Å². The van der Waals surface area contributed by atoms with Gasteiger partial charge in [-0.3, -0.25) is 9.59 Å². The van der Waals surface area contributed by atoms with Crippen LogP contribution in [0.25, 0.3) is 11.0 Å². The average molecular weight is 297 g/mol. The molecular weight excluding hydrogens is 282 g/mol. The Morgan fingerprint density at radius 1 is 1.18 bits per heavy atom. The van der Waals surface area contributed by atoms with Crippen molar-refractivity contribution in [2.24, 2.45) is 0 Å². The Balaban J connectivity index is 1.80. The molecule has 0 saturated heterocycles. The van der Waals surface area contributed by atoms with E-state index in [1.807, 2.05) is 6.07 Å². The quantitative estimate of drug-likeness (QED) is 0.536. The summed E-state index contributed by atoms with van der Waals surface area (Å²) in [6.45, 7) is 2.20. The number of nitrogens with zero attached hydrogens (tertiary/aromatic N) is 1. The summed E-state index contributed by atoms with van der Waals surface area (Å²) in [6, 6.07) is 8.82. The van der Waals surface area contributed by atoms with Crippen LogP contribution in [0, 0.1) is 0 Å². The van der Waals surface area contributed by atoms with E-state index >= 15 is 0 Å². The van der Waals surface area contributed by atoms with Crippen LogP contribution in [0.3, 0.4) is 0 Å². The summed E-state index contributed by atoms with van der Waals surface area (Å²) in [5.74, 6) is -0.414. The molecule has 5 heteroatoms. The molecule has 0 radical (unpaired) electrons. The van der Waals surface area contributed by atoms with Crippen LogP contribution in [0.4, 0.5) is 0 Å². The average Bonchev–Trinajstić information content (AvgIpc) is 3.14. The van der Waals surface area contributed by atoms with Gasteiger partial charge in [0.25, 0.3) is 0 Å². The number of furan rings is 1. The van der Waals surface area contributed by atoms with E-state index in [9.17, 15) is 9.59 Å². The van der Waals surface area contributed by atoms with Gasteiger partial charge in [-0.25, -0.2) is 0 Å². The maximum Gasteiger partial charge on any atom is 0.325 e. The molecule has 0 aliphatic carbocycles. The van der Waals surface area contributed by atoms with E-state index in [-0.39, 0.29) is 18.3 Å². The van der Waals surface area contributed by atoms with Crippen LogP contribution in [-0.2, 0) is 16.1 Å². The minimum atomic E-state index is -0.322. The van der Waals surface area contributed by atoms with E-state index in [4.69, 9.17) is 9.15 Å². The number of rotatable bonds is 5. The summed E-state index contributed by atoms with van der Waals surface area (Å²) >= 11 is 0. The number of esters is 1. The van der Waals surface area contributed by atoms with E-state index < -0.39 is 0 Å². The number of hydrogen-bond donors (Lipinski definition) is 0. The van der Waals surface area contributed by atoms with Gasteiger partial charge in [0.2, 0.25) is 0 Å². The molecule has 1 aromatic carbocycles. The second-order valence-electron chi connectivity index (χ2n) is 4.88. The van der Waals surface area contributed by atoms with Gasteiger partial charge < -0.3 is 13.7 Å². The van der Waals surface area contributed by atoms with Gasteiger partial charge in [-0.1, -0.05) is 0 Å². The van der Waals surface area contributed by atoms with Crippen LogP contribution in [0.1, 0.15) is 22.8 Å². The van der Waals surface area contributed by atoms with Crippen LogP contribution in [0.15, 0.2) is 53.4 Å². The molecule has 0 N–H and O–H groups in total. The molecule has 3 aromatic rings. The molecule has 2 aromatic heterocycles. The Bertz CT molecular complexity index is 828. The topological polar surface area (TPSA) is 61.4 Å². The van der Waals surface area contributed by atoms with Gasteiger partial charge in [-0.15, -0.1) is 0 Å². The predicted octanol–water partition coefficient (Wildman–Crippen LogP) is 3.03. The summed E-state index contributed by atoms with van der Waals surface area (Å²) < 4.78 is 11.8. The number of carbonyl (C=O) groups is 2. The Morgan fingerprint density at radius 2 is 2.05 bits per heavy atom. The first-order valence-corrected chi connectivity index (χ1v) is 7.00. The molecule has 0 fully saturated rings. The third kappa shape index (κ3) is 2.79. The first kappa shape index (κ1) is 14.1. The smallest absolute Gasteiger partial charge is 0.325 e. The van der Waals surface area contributed by atoms with Crippen molar-refractivity contribution in [2.75, 3.05) is 6.61 Å². The highest BCUT2D eigenvalue weighted by Gasteiger charge is 2.13. The van der Waals surface area contributed by atoms with Crippen LogP contribution in [0.5, 0.6) is 0 Å². The second-order valence-corrected chi connectivity index (χ2v) is 4.88. The Kier molecular flexibility index (Phi) is 3.78. The van der Waals surface area contributed by atoms with Crippen LogP contribution >= 0.6 is 0 Å². The zero-order valence-corrected chi connectivity index (χ0v) is 12.1. The van der Waals surface area contributed by atoms with Crippen molar-refractivity contribution in [1.82, 2.24) is 4.57 Å². The minimum absolute atomic E-state index is 0.0919. The lowest BCUT2D eigenvalue weighted by Gasteiger charge is -2.02. The molecule has 0 aliphatic heterocycles. The van der Waals surface area contributed by atoms with Gasteiger partial charge >= 0.3 is 5.97 Å². The fourth-order valence-corrected chi connectivity index (χ4v) is 2.30. The third-order valence-electron chi connectivity index (χ3n) is 3.34. The van der Waals surface area contributed by atoms with Crippen molar-refractivity contribution in [1.29, 1.82) is 0 Å². The molecule has 0 aliphatic rings. The Hall–Kier alpha value is -2.82. The van der Waals surface area contributed by atoms with Gasteiger partial charge in [0.1, 0.15) is 12.1 Å². The molecule has 22 heavy (non-hydrogen) atoms. The number of fused-ring (bicyclic) bond motifs is 1. The number of ketones is 1. The summed E-state index contributed by atoms with van der Waals surface area (Å²) in [5.41, 5.74) is 1.87. The van der Waals surface area contributed by atoms with Crippen molar-refractivity contribution in [2.45, 2.75) is 13.5 Å². The highest BCUT2D eigenvalue weighted by molar-refractivity contribution is 6.10. The molecule has 3 rings (SSSR count). The molecule has 5 nitrogen and oxygen atoms in total. The first-order valence-electron chi connectivity index (χ1n) is 7.00.